The summed E-state index contributed by atoms with van der Waals surface area (Å²) < 4.78 is 5.02. The van der Waals surface area contributed by atoms with E-state index < -0.39 is 0 Å². The molecule has 9 heavy (non-hydrogen) atoms. The quantitative estimate of drug-likeness (QED) is 0.545. The van der Waals surface area contributed by atoms with Crippen molar-refractivity contribution in [1.82, 2.24) is 4.98 Å². The highest BCUT2D eigenvalue weighted by molar-refractivity contribution is 7.10. The number of fused-ring (bicyclic) bond motifs is 1. The first-order valence-electron chi connectivity index (χ1n) is 2.67. The summed E-state index contributed by atoms with van der Waals surface area (Å²) in [6.07, 6.45) is 3.65. The van der Waals surface area contributed by atoms with E-state index >= 15 is 0 Å². The lowest BCUT2D eigenvalue weighted by Gasteiger charge is -2.02. The third kappa shape index (κ3) is 0.733. The van der Waals surface area contributed by atoms with Gasteiger partial charge in [0.2, 0.25) is 0 Å². The SMILES string of the molecule is C1=Cc2scnc2CO1. The van der Waals surface area contributed by atoms with E-state index in [1.807, 2.05) is 11.6 Å². The Balaban J connectivity index is 2.53. The fraction of sp³-hybridized carbons (Fsp3) is 0.167. The molecule has 0 unspecified atom stereocenters. The van der Waals surface area contributed by atoms with Gasteiger partial charge >= 0.3 is 0 Å². The van der Waals surface area contributed by atoms with Gasteiger partial charge < -0.3 is 4.74 Å². The van der Waals surface area contributed by atoms with Crippen LogP contribution in [-0.2, 0) is 11.3 Å². The monoisotopic (exact) mass is 139 g/mol. The van der Waals surface area contributed by atoms with Gasteiger partial charge in [-0.15, -0.1) is 11.3 Å². The molecule has 0 bridgehead atoms. The lowest BCUT2D eigenvalue weighted by molar-refractivity contribution is 0.231. The van der Waals surface area contributed by atoms with Gasteiger partial charge in [-0.2, -0.15) is 0 Å². The van der Waals surface area contributed by atoms with Crippen LogP contribution in [0.4, 0.5) is 0 Å². The minimum absolute atomic E-state index is 0.634. The molecule has 2 rings (SSSR count). The Kier molecular flexibility index (Phi) is 1.02. The highest BCUT2D eigenvalue weighted by Crippen LogP contribution is 2.19. The summed E-state index contributed by atoms with van der Waals surface area (Å²) in [5, 5.41) is 0. The predicted octanol–water partition coefficient (Wildman–Crippen LogP) is 1.64. The Bertz CT molecular complexity index is 241. The molecule has 3 heteroatoms. The largest absolute Gasteiger partial charge is 0.495 e. The zero-order valence-electron chi connectivity index (χ0n) is 4.70. The fourth-order valence-electron chi connectivity index (χ4n) is 0.759. The maximum absolute atomic E-state index is 5.02. The molecule has 46 valence electrons. The zero-order chi connectivity index (χ0) is 6.10. The highest BCUT2D eigenvalue weighted by atomic mass is 32.1. The summed E-state index contributed by atoms with van der Waals surface area (Å²) in [6, 6.07) is 0. The minimum atomic E-state index is 0.634. The van der Waals surface area contributed by atoms with Gasteiger partial charge in [0.15, 0.2) is 0 Å². The Labute approximate surface area is 56.8 Å². The third-order valence-corrected chi connectivity index (χ3v) is 2.04. The van der Waals surface area contributed by atoms with Crippen LogP contribution in [0, 0.1) is 0 Å². The van der Waals surface area contributed by atoms with Crippen molar-refractivity contribution in [2.45, 2.75) is 6.61 Å². The van der Waals surface area contributed by atoms with Crippen LogP contribution in [0.3, 0.4) is 0 Å². The van der Waals surface area contributed by atoms with Crippen molar-refractivity contribution in [3.05, 3.63) is 22.3 Å². The maximum atomic E-state index is 5.02. The number of ether oxygens (including phenoxy) is 1. The van der Waals surface area contributed by atoms with Crippen molar-refractivity contribution >= 4 is 17.4 Å². The molecule has 0 saturated heterocycles. The normalized spacial score (nSPS) is 14.7. The first kappa shape index (κ1) is 4.99. The first-order valence-corrected chi connectivity index (χ1v) is 3.55. The van der Waals surface area contributed by atoms with Crippen LogP contribution in [0.1, 0.15) is 10.6 Å². The van der Waals surface area contributed by atoms with E-state index in [-0.39, 0.29) is 0 Å². The second-order valence-electron chi connectivity index (χ2n) is 1.78. The van der Waals surface area contributed by atoms with Crippen molar-refractivity contribution in [1.29, 1.82) is 0 Å². The average molecular weight is 139 g/mol. The second kappa shape index (κ2) is 1.84. The lowest BCUT2D eigenvalue weighted by atomic mass is 10.3. The third-order valence-electron chi connectivity index (χ3n) is 1.21. The summed E-state index contributed by atoms with van der Waals surface area (Å²) in [5.41, 5.74) is 2.89. The predicted molar refractivity (Wildman–Crippen MR) is 35.9 cm³/mol. The van der Waals surface area contributed by atoms with Gasteiger partial charge in [0.05, 0.1) is 22.3 Å². The second-order valence-corrected chi connectivity index (χ2v) is 2.66. The average Bonchev–Trinajstić information content (AvgIpc) is 2.33. The van der Waals surface area contributed by atoms with Crippen LogP contribution in [0.15, 0.2) is 11.8 Å². The van der Waals surface area contributed by atoms with Crippen LogP contribution in [0.25, 0.3) is 6.08 Å². The molecule has 0 saturated carbocycles. The Hall–Kier alpha value is -0.830. The number of hydrogen-bond donors (Lipinski definition) is 0. The van der Waals surface area contributed by atoms with Crippen molar-refractivity contribution in [3.8, 4) is 0 Å². The molecule has 0 fully saturated rings. The molecule has 1 aromatic heterocycles. The van der Waals surface area contributed by atoms with Gasteiger partial charge in [0.1, 0.15) is 6.61 Å². The standard InChI is InChI=1S/C6H5NOS/c1-2-8-3-5-6(1)9-4-7-5/h1-2,4H,3H2. The molecule has 0 aromatic carbocycles. The van der Waals surface area contributed by atoms with Crippen LogP contribution >= 0.6 is 11.3 Å². The topological polar surface area (TPSA) is 22.1 Å². The van der Waals surface area contributed by atoms with Gasteiger partial charge in [-0.05, 0) is 6.08 Å². The van der Waals surface area contributed by atoms with Crippen LogP contribution in [-0.4, -0.2) is 4.98 Å². The maximum Gasteiger partial charge on any atom is 0.131 e. The molecule has 0 spiro atoms. The van der Waals surface area contributed by atoms with Crippen LogP contribution < -0.4 is 0 Å². The summed E-state index contributed by atoms with van der Waals surface area (Å²) >= 11 is 1.65. The van der Waals surface area contributed by atoms with Crippen molar-refractivity contribution in [3.63, 3.8) is 0 Å². The molecule has 0 N–H and O–H groups in total. The van der Waals surface area contributed by atoms with E-state index in [1.165, 1.54) is 4.88 Å². The molecule has 0 aliphatic carbocycles. The van der Waals surface area contributed by atoms with E-state index in [0.717, 1.165) is 5.69 Å². The van der Waals surface area contributed by atoms with Gasteiger partial charge in [0.25, 0.3) is 0 Å². The smallest absolute Gasteiger partial charge is 0.131 e. The Morgan fingerprint density at radius 2 is 2.67 bits per heavy atom. The number of aromatic nitrogens is 1. The summed E-state index contributed by atoms with van der Waals surface area (Å²) in [7, 11) is 0. The molecule has 0 amide bonds. The number of thiazole rings is 1. The number of hydrogen-bond acceptors (Lipinski definition) is 3. The molecular weight excluding hydrogens is 134 g/mol. The van der Waals surface area contributed by atoms with Crippen molar-refractivity contribution in [2.75, 3.05) is 0 Å². The molecule has 2 heterocycles. The molecule has 0 radical (unpaired) electrons. The Morgan fingerprint density at radius 1 is 1.67 bits per heavy atom. The van der Waals surface area contributed by atoms with E-state index in [1.54, 1.807) is 17.6 Å². The van der Waals surface area contributed by atoms with E-state index in [4.69, 9.17) is 4.74 Å². The van der Waals surface area contributed by atoms with Crippen molar-refractivity contribution < 1.29 is 4.74 Å². The zero-order valence-corrected chi connectivity index (χ0v) is 5.52. The summed E-state index contributed by atoms with van der Waals surface area (Å²) in [4.78, 5) is 5.32. The lowest BCUT2D eigenvalue weighted by Crippen LogP contribution is -1.92. The Morgan fingerprint density at radius 3 is 3.56 bits per heavy atom. The molecular formula is C6H5NOS. The molecule has 1 aromatic rings. The van der Waals surface area contributed by atoms with E-state index in [0.29, 0.717) is 6.61 Å². The highest BCUT2D eigenvalue weighted by Gasteiger charge is 2.05. The summed E-state index contributed by atoms with van der Waals surface area (Å²) in [6.45, 7) is 0.634. The van der Waals surface area contributed by atoms with Crippen LogP contribution in [0.5, 0.6) is 0 Å². The van der Waals surface area contributed by atoms with Gasteiger partial charge in [-0.1, -0.05) is 0 Å². The van der Waals surface area contributed by atoms with Gasteiger partial charge in [-0.25, -0.2) is 4.98 Å². The number of rotatable bonds is 0. The molecule has 1 aliphatic rings. The molecule has 1 aliphatic heterocycles. The fourth-order valence-corrected chi connectivity index (χ4v) is 1.43. The first-order chi connectivity index (χ1) is 4.47. The van der Waals surface area contributed by atoms with Gasteiger partial charge in [0, 0.05) is 0 Å². The molecule has 2 nitrogen and oxygen atoms in total. The molecule has 0 atom stereocenters. The van der Waals surface area contributed by atoms with E-state index in [2.05, 4.69) is 4.98 Å². The van der Waals surface area contributed by atoms with Crippen LogP contribution in [0.2, 0.25) is 0 Å². The van der Waals surface area contributed by atoms with Gasteiger partial charge in [-0.3, -0.25) is 0 Å². The number of nitrogens with zero attached hydrogens (tertiary/aromatic N) is 1. The summed E-state index contributed by atoms with van der Waals surface area (Å²) in [5.74, 6) is 0. The van der Waals surface area contributed by atoms with E-state index in [9.17, 15) is 0 Å². The van der Waals surface area contributed by atoms with Crippen molar-refractivity contribution in [2.24, 2.45) is 0 Å². The minimum Gasteiger partial charge on any atom is -0.495 e.